The fourth-order valence-electron chi connectivity index (χ4n) is 2.52. The normalized spacial score (nSPS) is 13.0. The average Bonchev–Trinajstić information content (AvgIpc) is 3.10. The van der Waals surface area contributed by atoms with E-state index in [2.05, 4.69) is 6.07 Å². The lowest BCUT2D eigenvalue weighted by molar-refractivity contribution is 0.0979. The molecule has 1 heterocycles. The molecule has 1 atom stereocenters. The van der Waals surface area contributed by atoms with Gasteiger partial charge in [0.1, 0.15) is 11.7 Å². The third-order valence-electron chi connectivity index (χ3n) is 3.78. The summed E-state index contributed by atoms with van der Waals surface area (Å²) in [6, 6.07) is 12.0. The molecule has 0 radical (unpaired) electrons. The highest BCUT2D eigenvalue weighted by atomic mass is 16.7. The highest BCUT2D eigenvalue weighted by Gasteiger charge is 2.27. The van der Waals surface area contributed by atoms with E-state index in [-0.39, 0.29) is 12.6 Å². The second kappa shape index (κ2) is 6.50. The highest BCUT2D eigenvalue weighted by molar-refractivity contribution is 6.03. The number of nitriles is 1. The van der Waals surface area contributed by atoms with Crippen LogP contribution in [0.25, 0.3) is 0 Å². The summed E-state index contributed by atoms with van der Waals surface area (Å²) < 4.78 is 21.0. The minimum Gasteiger partial charge on any atom is -0.497 e. The summed E-state index contributed by atoms with van der Waals surface area (Å²) in [7, 11) is 3.04. The van der Waals surface area contributed by atoms with E-state index in [4.69, 9.17) is 18.9 Å². The van der Waals surface area contributed by atoms with Crippen molar-refractivity contribution in [2.24, 2.45) is 0 Å². The second-order valence-corrected chi connectivity index (χ2v) is 5.11. The van der Waals surface area contributed by atoms with Gasteiger partial charge in [-0.3, -0.25) is 4.79 Å². The molecule has 0 saturated heterocycles. The summed E-state index contributed by atoms with van der Waals surface area (Å²) in [5, 5.41) is 9.52. The standard InChI is InChI=1S/C18H15NO5/c1-21-13-5-3-11(4-6-13)17(20)14(9-19)12-7-15(22-2)18-16(8-12)23-10-24-18/h3-8,14H,10H2,1-2H3/t14-/m1/s1. The van der Waals surface area contributed by atoms with Crippen LogP contribution in [0.1, 0.15) is 21.8 Å². The van der Waals surface area contributed by atoms with Gasteiger partial charge in [-0.2, -0.15) is 5.26 Å². The molecule has 1 aliphatic rings. The van der Waals surface area contributed by atoms with E-state index in [0.29, 0.717) is 34.1 Å². The van der Waals surface area contributed by atoms with E-state index in [1.165, 1.54) is 7.11 Å². The number of benzene rings is 2. The van der Waals surface area contributed by atoms with E-state index in [1.54, 1.807) is 43.5 Å². The van der Waals surface area contributed by atoms with Gasteiger partial charge in [-0.1, -0.05) is 0 Å². The summed E-state index contributed by atoms with van der Waals surface area (Å²) in [5.74, 6) is 0.748. The Morgan fingerprint density at radius 2 is 1.92 bits per heavy atom. The predicted octanol–water partition coefficient (Wildman–Crippen LogP) is 2.92. The number of fused-ring (bicyclic) bond motifs is 1. The zero-order valence-electron chi connectivity index (χ0n) is 13.2. The Morgan fingerprint density at radius 3 is 2.54 bits per heavy atom. The Bertz CT molecular complexity index is 807. The molecule has 122 valence electrons. The van der Waals surface area contributed by atoms with Gasteiger partial charge in [-0.15, -0.1) is 0 Å². The number of methoxy groups -OCH3 is 2. The molecule has 0 spiro atoms. The summed E-state index contributed by atoms with van der Waals surface area (Å²) in [4.78, 5) is 12.7. The first-order valence-electron chi connectivity index (χ1n) is 7.23. The maximum atomic E-state index is 12.7. The number of Topliss-reactive ketones (excluding diaryl/α,β-unsaturated/α-hetero) is 1. The van der Waals surface area contributed by atoms with Crippen molar-refractivity contribution in [3.8, 4) is 29.1 Å². The van der Waals surface area contributed by atoms with Crippen LogP contribution < -0.4 is 18.9 Å². The first-order valence-corrected chi connectivity index (χ1v) is 7.23. The smallest absolute Gasteiger partial charge is 0.231 e. The van der Waals surface area contributed by atoms with Crippen molar-refractivity contribution in [1.29, 1.82) is 5.26 Å². The van der Waals surface area contributed by atoms with Gasteiger partial charge in [0.05, 0.1) is 20.3 Å². The van der Waals surface area contributed by atoms with Crippen molar-refractivity contribution in [3.63, 3.8) is 0 Å². The van der Waals surface area contributed by atoms with Crippen LogP contribution in [-0.2, 0) is 0 Å². The fourth-order valence-corrected chi connectivity index (χ4v) is 2.52. The Balaban J connectivity index is 1.96. The van der Waals surface area contributed by atoms with Crippen LogP contribution in [0.3, 0.4) is 0 Å². The maximum Gasteiger partial charge on any atom is 0.231 e. The fraction of sp³-hybridized carbons (Fsp3) is 0.222. The molecule has 2 aromatic rings. The molecule has 6 nitrogen and oxygen atoms in total. The molecule has 0 aliphatic carbocycles. The molecule has 0 amide bonds. The quantitative estimate of drug-likeness (QED) is 0.787. The molecule has 6 heteroatoms. The van der Waals surface area contributed by atoms with E-state index in [0.717, 1.165) is 0 Å². The number of carbonyl (C=O) groups excluding carboxylic acids is 1. The van der Waals surface area contributed by atoms with E-state index >= 15 is 0 Å². The molecular weight excluding hydrogens is 310 g/mol. The van der Waals surface area contributed by atoms with Gasteiger partial charge in [-0.05, 0) is 42.0 Å². The van der Waals surface area contributed by atoms with Crippen LogP contribution in [0, 0.1) is 11.3 Å². The zero-order valence-corrected chi connectivity index (χ0v) is 13.2. The minimum atomic E-state index is -0.971. The van der Waals surface area contributed by atoms with Crippen molar-refractivity contribution >= 4 is 5.78 Å². The van der Waals surface area contributed by atoms with Gasteiger partial charge in [0, 0.05) is 5.56 Å². The maximum absolute atomic E-state index is 12.7. The minimum absolute atomic E-state index is 0.0821. The summed E-state index contributed by atoms with van der Waals surface area (Å²) >= 11 is 0. The zero-order chi connectivity index (χ0) is 17.1. The third-order valence-corrected chi connectivity index (χ3v) is 3.78. The molecule has 2 aromatic carbocycles. The van der Waals surface area contributed by atoms with Crippen molar-refractivity contribution in [3.05, 3.63) is 47.5 Å². The van der Waals surface area contributed by atoms with Crippen molar-refractivity contribution < 1.29 is 23.7 Å². The van der Waals surface area contributed by atoms with Gasteiger partial charge in [0.25, 0.3) is 0 Å². The number of hydrogen-bond acceptors (Lipinski definition) is 6. The topological polar surface area (TPSA) is 77.8 Å². The van der Waals surface area contributed by atoms with Crippen LogP contribution in [0.5, 0.6) is 23.0 Å². The SMILES string of the molecule is COc1ccc(C(=O)[C@H](C#N)c2cc(OC)c3c(c2)OCO3)cc1. The van der Waals surface area contributed by atoms with E-state index in [9.17, 15) is 10.1 Å². The first-order chi connectivity index (χ1) is 11.7. The predicted molar refractivity (Wildman–Crippen MR) is 84.8 cm³/mol. The van der Waals surface area contributed by atoms with Crippen LogP contribution in [0.15, 0.2) is 36.4 Å². The van der Waals surface area contributed by atoms with Crippen LogP contribution in [-0.4, -0.2) is 26.8 Å². The Hall–Kier alpha value is -3.20. The average molecular weight is 325 g/mol. The summed E-state index contributed by atoms with van der Waals surface area (Å²) in [6.45, 7) is 0.0821. The molecule has 0 bridgehead atoms. The van der Waals surface area contributed by atoms with Gasteiger partial charge < -0.3 is 18.9 Å². The number of nitrogens with zero attached hydrogens (tertiary/aromatic N) is 1. The lowest BCUT2D eigenvalue weighted by Gasteiger charge is -2.12. The Labute approximate surface area is 139 Å². The summed E-state index contributed by atoms with van der Waals surface area (Å²) in [5.41, 5.74) is 0.929. The van der Waals surface area contributed by atoms with Crippen molar-refractivity contribution in [1.82, 2.24) is 0 Å². The van der Waals surface area contributed by atoms with Crippen LogP contribution in [0.2, 0.25) is 0 Å². The molecule has 24 heavy (non-hydrogen) atoms. The third kappa shape index (κ3) is 2.72. The lowest BCUT2D eigenvalue weighted by Crippen LogP contribution is -2.11. The number of rotatable bonds is 5. The molecular formula is C18H15NO5. The molecule has 0 aromatic heterocycles. The molecule has 0 saturated carbocycles. The largest absolute Gasteiger partial charge is 0.497 e. The Kier molecular flexibility index (Phi) is 4.25. The Morgan fingerprint density at radius 1 is 1.17 bits per heavy atom. The van der Waals surface area contributed by atoms with Gasteiger partial charge >= 0.3 is 0 Å². The number of carbonyl (C=O) groups is 1. The van der Waals surface area contributed by atoms with Crippen LogP contribution >= 0.6 is 0 Å². The first kappa shape index (κ1) is 15.7. The molecule has 3 rings (SSSR count). The van der Waals surface area contributed by atoms with Crippen molar-refractivity contribution in [2.45, 2.75) is 5.92 Å². The van der Waals surface area contributed by atoms with Gasteiger partial charge in [0.15, 0.2) is 17.3 Å². The number of ether oxygens (including phenoxy) is 4. The number of ketones is 1. The monoisotopic (exact) mass is 325 g/mol. The molecule has 0 fully saturated rings. The molecule has 1 aliphatic heterocycles. The van der Waals surface area contributed by atoms with Gasteiger partial charge in [-0.25, -0.2) is 0 Å². The lowest BCUT2D eigenvalue weighted by atomic mass is 9.91. The number of hydrogen-bond donors (Lipinski definition) is 0. The van der Waals surface area contributed by atoms with Crippen molar-refractivity contribution in [2.75, 3.05) is 21.0 Å². The highest BCUT2D eigenvalue weighted by Crippen LogP contribution is 2.43. The second-order valence-electron chi connectivity index (χ2n) is 5.11. The van der Waals surface area contributed by atoms with Crippen LogP contribution in [0.4, 0.5) is 0 Å². The molecule has 0 unspecified atom stereocenters. The van der Waals surface area contributed by atoms with Gasteiger partial charge in [0.2, 0.25) is 12.5 Å². The van der Waals surface area contributed by atoms with E-state index < -0.39 is 5.92 Å². The summed E-state index contributed by atoms with van der Waals surface area (Å²) in [6.07, 6.45) is 0. The van der Waals surface area contributed by atoms with E-state index in [1.807, 2.05) is 0 Å². The molecule has 0 N–H and O–H groups in total.